The van der Waals surface area contributed by atoms with Gasteiger partial charge >= 0.3 is 0 Å². The van der Waals surface area contributed by atoms with E-state index in [9.17, 15) is 8.42 Å². The van der Waals surface area contributed by atoms with E-state index >= 15 is 0 Å². The first kappa shape index (κ1) is 15.9. The first-order valence-electron chi connectivity index (χ1n) is 6.75. The topological polar surface area (TPSA) is 64.7 Å². The van der Waals surface area contributed by atoms with Gasteiger partial charge < -0.3 is 10.2 Å². The Kier molecular flexibility index (Phi) is 5.53. The zero-order valence-corrected chi connectivity index (χ0v) is 13.6. The molecule has 0 amide bonds. The Morgan fingerprint density at radius 1 is 1.30 bits per heavy atom. The van der Waals surface area contributed by atoms with Gasteiger partial charge in [0.25, 0.3) is 10.0 Å². The summed E-state index contributed by atoms with van der Waals surface area (Å²) in [6, 6.07) is 1.74. The third-order valence-corrected chi connectivity index (χ3v) is 5.68. The lowest BCUT2D eigenvalue weighted by atomic mass is 10.4. The minimum absolute atomic E-state index is 0.356. The average Bonchev–Trinajstić information content (AvgIpc) is 2.88. The van der Waals surface area contributed by atoms with Crippen molar-refractivity contribution in [2.75, 3.05) is 39.8 Å². The van der Waals surface area contributed by atoms with Crippen LogP contribution >= 0.6 is 11.3 Å². The molecule has 2 heterocycles. The number of hydrazine groups is 1. The van der Waals surface area contributed by atoms with Gasteiger partial charge in [-0.1, -0.05) is 6.92 Å². The number of rotatable bonds is 6. The van der Waals surface area contributed by atoms with Crippen LogP contribution in [0.2, 0.25) is 0 Å². The largest absolute Gasteiger partial charge is 0.312 e. The van der Waals surface area contributed by atoms with E-state index in [4.69, 9.17) is 0 Å². The molecule has 0 radical (unpaired) electrons. The van der Waals surface area contributed by atoms with Gasteiger partial charge in [0, 0.05) is 43.0 Å². The van der Waals surface area contributed by atoms with E-state index in [1.54, 1.807) is 16.5 Å². The van der Waals surface area contributed by atoms with Crippen molar-refractivity contribution in [3.8, 4) is 0 Å². The number of likely N-dealkylation sites (N-methyl/N-ethyl adjacent to an activating group) is 1. The first-order chi connectivity index (χ1) is 9.51. The van der Waals surface area contributed by atoms with E-state index in [2.05, 4.69) is 15.0 Å². The minimum Gasteiger partial charge on any atom is -0.312 e. The van der Waals surface area contributed by atoms with Crippen molar-refractivity contribution in [2.24, 2.45) is 0 Å². The molecule has 2 rings (SSSR count). The van der Waals surface area contributed by atoms with Crippen LogP contribution in [0, 0.1) is 0 Å². The summed E-state index contributed by atoms with van der Waals surface area (Å²) >= 11 is 1.47. The summed E-state index contributed by atoms with van der Waals surface area (Å²) in [5.74, 6) is 0. The van der Waals surface area contributed by atoms with Gasteiger partial charge in [-0.15, -0.1) is 16.2 Å². The van der Waals surface area contributed by atoms with Crippen LogP contribution in [-0.4, -0.2) is 58.1 Å². The number of nitrogens with zero attached hydrogens (tertiary/aromatic N) is 2. The summed E-state index contributed by atoms with van der Waals surface area (Å²) in [5, 5.41) is 6.67. The van der Waals surface area contributed by atoms with E-state index < -0.39 is 10.0 Å². The Balaban J connectivity index is 1.97. The van der Waals surface area contributed by atoms with Crippen molar-refractivity contribution in [3.63, 3.8) is 0 Å². The molecule has 0 saturated carbocycles. The van der Waals surface area contributed by atoms with Crippen LogP contribution in [0.1, 0.15) is 11.8 Å². The smallest absolute Gasteiger partial charge is 0.254 e. The van der Waals surface area contributed by atoms with Gasteiger partial charge in [-0.3, -0.25) is 0 Å². The molecule has 2 N–H and O–H groups in total. The molecule has 1 fully saturated rings. The molecule has 0 spiro atoms. The Bertz CT molecular complexity index is 521. The summed E-state index contributed by atoms with van der Waals surface area (Å²) in [6.45, 7) is 6.79. The normalized spacial score (nSPS) is 18.5. The van der Waals surface area contributed by atoms with Crippen LogP contribution in [0.4, 0.5) is 0 Å². The molecular formula is C12H22N4O2S2. The predicted octanol–water partition coefficient (Wildman–Crippen LogP) is 0.298. The summed E-state index contributed by atoms with van der Waals surface area (Å²) in [6.07, 6.45) is 0. The molecule has 1 aromatic rings. The van der Waals surface area contributed by atoms with Crippen LogP contribution in [0.15, 0.2) is 16.3 Å². The quantitative estimate of drug-likeness (QED) is 0.790. The predicted molar refractivity (Wildman–Crippen MR) is 81.1 cm³/mol. The van der Waals surface area contributed by atoms with Crippen molar-refractivity contribution in [3.05, 3.63) is 16.3 Å². The van der Waals surface area contributed by atoms with E-state index in [0.717, 1.165) is 24.5 Å². The lowest BCUT2D eigenvalue weighted by Gasteiger charge is -2.31. The molecule has 8 heteroatoms. The van der Waals surface area contributed by atoms with Crippen LogP contribution in [0.5, 0.6) is 0 Å². The van der Waals surface area contributed by atoms with Crippen LogP contribution in [-0.2, 0) is 16.6 Å². The van der Waals surface area contributed by atoms with Crippen LogP contribution in [0.3, 0.4) is 0 Å². The molecule has 0 unspecified atom stereocenters. The Labute approximate surface area is 124 Å². The third kappa shape index (κ3) is 4.24. The van der Waals surface area contributed by atoms with E-state index in [0.29, 0.717) is 24.5 Å². The molecule has 0 atom stereocenters. The molecule has 1 aromatic heterocycles. The fraction of sp³-hybridized carbons (Fsp3) is 0.667. The number of thiophene rings is 1. The Morgan fingerprint density at radius 2 is 2.00 bits per heavy atom. The highest BCUT2D eigenvalue weighted by atomic mass is 32.2. The molecule has 0 bridgehead atoms. The molecule has 114 valence electrons. The van der Waals surface area contributed by atoms with Gasteiger partial charge in [0.15, 0.2) is 0 Å². The maximum atomic E-state index is 12.3. The number of sulfonamides is 1. The maximum Gasteiger partial charge on any atom is 0.254 e. The summed E-state index contributed by atoms with van der Waals surface area (Å²) in [7, 11) is -1.40. The van der Waals surface area contributed by atoms with Gasteiger partial charge in [-0.05, 0) is 19.7 Å². The van der Waals surface area contributed by atoms with Crippen LogP contribution < -0.4 is 10.1 Å². The highest BCUT2D eigenvalue weighted by molar-refractivity contribution is 7.89. The lowest BCUT2D eigenvalue weighted by molar-refractivity contribution is 0.135. The molecule has 1 aliphatic heterocycles. The third-order valence-electron chi connectivity index (χ3n) is 3.24. The highest BCUT2D eigenvalue weighted by Crippen LogP contribution is 2.19. The average molecular weight is 318 g/mol. The van der Waals surface area contributed by atoms with E-state index in [1.807, 2.05) is 14.0 Å². The fourth-order valence-corrected chi connectivity index (χ4v) is 4.33. The SMILES string of the molecule is CCNCc1cc(S(=O)(=O)NN2CCN(C)CC2)cs1. The Hall–Kier alpha value is -0.510. The summed E-state index contributed by atoms with van der Waals surface area (Å²) in [4.78, 5) is 6.24. The first-order valence-corrected chi connectivity index (χ1v) is 9.11. The lowest BCUT2D eigenvalue weighted by Crippen LogP contribution is -2.52. The minimum atomic E-state index is -3.44. The van der Waals surface area contributed by atoms with Gasteiger partial charge in [-0.2, -0.15) is 0 Å². The van der Waals surface area contributed by atoms with Crippen molar-refractivity contribution in [1.29, 1.82) is 0 Å². The van der Waals surface area contributed by atoms with Gasteiger partial charge in [-0.25, -0.2) is 13.4 Å². The number of hydrogen-bond donors (Lipinski definition) is 2. The van der Waals surface area contributed by atoms with Gasteiger partial charge in [0.2, 0.25) is 0 Å². The van der Waals surface area contributed by atoms with Gasteiger partial charge in [0.05, 0.1) is 4.90 Å². The van der Waals surface area contributed by atoms with Crippen molar-refractivity contribution in [2.45, 2.75) is 18.4 Å². The summed E-state index contributed by atoms with van der Waals surface area (Å²) < 4.78 is 24.6. The standard InChI is InChI=1S/C12H22N4O2S2/c1-3-13-9-11-8-12(10-19-11)20(17,18)14-16-6-4-15(2)5-7-16/h8,10,13-14H,3-7,9H2,1-2H3. The molecule has 1 saturated heterocycles. The van der Waals surface area contributed by atoms with Gasteiger partial charge in [0.1, 0.15) is 0 Å². The highest BCUT2D eigenvalue weighted by Gasteiger charge is 2.22. The fourth-order valence-electron chi connectivity index (χ4n) is 1.96. The molecule has 6 nitrogen and oxygen atoms in total. The second-order valence-electron chi connectivity index (χ2n) is 4.91. The zero-order valence-electron chi connectivity index (χ0n) is 11.9. The Morgan fingerprint density at radius 3 is 2.65 bits per heavy atom. The molecular weight excluding hydrogens is 296 g/mol. The molecule has 1 aliphatic rings. The zero-order chi connectivity index (χ0) is 14.6. The van der Waals surface area contributed by atoms with Crippen LogP contribution in [0.25, 0.3) is 0 Å². The van der Waals surface area contributed by atoms with E-state index in [1.165, 1.54) is 11.3 Å². The maximum absolute atomic E-state index is 12.3. The summed E-state index contributed by atoms with van der Waals surface area (Å²) in [5.41, 5.74) is 0. The van der Waals surface area contributed by atoms with Crippen molar-refractivity contribution in [1.82, 2.24) is 20.1 Å². The monoisotopic (exact) mass is 318 g/mol. The second-order valence-corrected chi connectivity index (χ2v) is 7.57. The number of piperazine rings is 1. The second kappa shape index (κ2) is 6.97. The van der Waals surface area contributed by atoms with E-state index in [-0.39, 0.29) is 0 Å². The molecule has 20 heavy (non-hydrogen) atoms. The van der Waals surface area contributed by atoms with Crippen molar-refractivity contribution < 1.29 is 8.42 Å². The number of nitrogens with one attached hydrogen (secondary N) is 2. The molecule has 0 aromatic carbocycles. The van der Waals surface area contributed by atoms with Crippen molar-refractivity contribution >= 4 is 21.4 Å². The number of hydrogen-bond acceptors (Lipinski definition) is 6. The molecule has 0 aliphatic carbocycles.